The Morgan fingerprint density at radius 2 is 2.18 bits per heavy atom. The summed E-state index contributed by atoms with van der Waals surface area (Å²) in [5.41, 5.74) is 0.214. The quantitative estimate of drug-likeness (QED) is 0.821. The third kappa shape index (κ3) is 2.63. The highest BCUT2D eigenvalue weighted by Gasteiger charge is 2.24. The third-order valence-electron chi connectivity index (χ3n) is 2.78. The molecule has 2 amide bonds. The highest BCUT2D eigenvalue weighted by Crippen LogP contribution is 2.30. The van der Waals surface area contributed by atoms with Crippen molar-refractivity contribution in [1.82, 2.24) is 9.71 Å². The SMILES string of the molecule is O=C1COc2ccc(S(=O)(=O)NC(=O)c3cnco3)cc2N1. The van der Waals surface area contributed by atoms with E-state index in [1.54, 1.807) is 0 Å². The van der Waals surface area contributed by atoms with Crippen LogP contribution in [0.25, 0.3) is 0 Å². The number of amides is 2. The van der Waals surface area contributed by atoms with Crippen molar-refractivity contribution >= 4 is 27.5 Å². The summed E-state index contributed by atoms with van der Waals surface area (Å²) in [4.78, 5) is 26.3. The number of fused-ring (bicyclic) bond motifs is 1. The van der Waals surface area contributed by atoms with E-state index in [2.05, 4.69) is 10.3 Å². The fourth-order valence-electron chi connectivity index (χ4n) is 1.79. The summed E-state index contributed by atoms with van der Waals surface area (Å²) in [6.45, 7) is -0.138. The van der Waals surface area contributed by atoms with Crippen molar-refractivity contribution < 1.29 is 27.2 Å². The van der Waals surface area contributed by atoms with E-state index in [1.165, 1.54) is 18.2 Å². The number of benzene rings is 1. The number of nitrogens with one attached hydrogen (secondary N) is 2. The zero-order valence-corrected chi connectivity index (χ0v) is 11.7. The lowest BCUT2D eigenvalue weighted by atomic mass is 10.2. The molecule has 10 heteroatoms. The minimum absolute atomic E-state index is 0.138. The first-order chi connectivity index (χ1) is 10.5. The predicted octanol–water partition coefficient (Wildman–Crippen LogP) is 0.124. The second-order valence-electron chi connectivity index (χ2n) is 4.30. The van der Waals surface area contributed by atoms with Gasteiger partial charge in [-0.15, -0.1) is 0 Å². The van der Waals surface area contributed by atoms with Crippen LogP contribution in [-0.4, -0.2) is 31.8 Å². The smallest absolute Gasteiger partial charge is 0.302 e. The van der Waals surface area contributed by atoms with Gasteiger partial charge in [-0.2, -0.15) is 0 Å². The minimum atomic E-state index is -4.13. The largest absolute Gasteiger partial charge is 0.482 e. The molecule has 22 heavy (non-hydrogen) atoms. The minimum Gasteiger partial charge on any atom is -0.482 e. The van der Waals surface area contributed by atoms with Gasteiger partial charge in [0.05, 0.1) is 16.8 Å². The molecule has 1 aromatic heterocycles. The van der Waals surface area contributed by atoms with Crippen molar-refractivity contribution in [1.29, 1.82) is 0 Å². The number of carbonyl (C=O) groups excluding carboxylic acids is 2. The summed E-state index contributed by atoms with van der Waals surface area (Å²) in [7, 11) is -4.13. The van der Waals surface area contributed by atoms with E-state index in [0.29, 0.717) is 5.75 Å². The van der Waals surface area contributed by atoms with Crippen LogP contribution in [0.15, 0.2) is 40.1 Å². The van der Waals surface area contributed by atoms with Gasteiger partial charge < -0.3 is 14.5 Å². The fourth-order valence-corrected chi connectivity index (χ4v) is 2.77. The lowest BCUT2D eigenvalue weighted by Gasteiger charge is -2.18. The number of hydrogen-bond acceptors (Lipinski definition) is 7. The number of nitrogens with zero attached hydrogens (tertiary/aromatic N) is 1. The molecular formula is C12H9N3O6S. The van der Waals surface area contributed by atoms with Gasteiger partial charge in [-0.05, 0) is 18.2 Å². The number of ether oxygens (including phenoxy) is 1. The molecule has 2 N–H and O–H groups in total. The summed E-state index contributed by atoms with van der Waals surface area (Å²) < 4.78 is 36.0. The molecule has 0 bridgehead atoms. The van der Waals surface area contributed by atoms with Crippen LogP contribution in [-0.2, 0) is 14.8 Å². The van der Waals surface area contributed by atoms with Crippen LogP contribution in [0.2, 0.25) is 0 Å². The van der Waals surface area contributed by atoms with Gasteiger partial charge in [0.2, 0.25) is 5.76 Å². The zero-order valence-electron chi connectivity index (χ0n) is 10.9. The highest BCUT2D eigenvalue weighted by molar-refractivity contribution is 7.90. The van der Waals surface area contributed by atoms with E-state index in [0.717, 1.165) is 12.6 Å². The average Bonchev–Trinajstić information content (AvgIpc) is 3.00. The van der Waals surface area contributed by atoms with E-state index in [4.69, 9.17) is 9.15 Å². The Kier molecular flexibility index (Phi) is 3.29. The van der Waals surface area contributed by atoms with E-state index < -0.39 is 21.8 Å². The first kappa shape index (κ1) is 14.1. The molecule has 2 heterocycles. The van der Waals surface area contributed by atoms with E-state index >= 15 is 0 Å². The lowest BCUT2D eigenvalue weighted by molar-refractivity contribution is -0.118. The van der Waals surface area contributed by atoms with Gasteiger partial charge in [-0.1, -0.05) is 0 Å². The van der Waals surface area contributed by atoms with E-state index in [1.807, 2.05) is 4.72 Å². The van der Waals surface area contributed by atoms with Crippen LogP contribution >= 0.6 is 0 Å². The first-order valence-electron chi connectivity index (χ1n) is 5.98. The zero-order chi connectivity index (χ0) is 15.7. The Hall–Kier alpha value is -2.88. The van der Waals surface area contributed by atoms with E-state index in [9.17, 15) is 18.0 Å². The number of oxazole rings is 1. The number of rotatable bonds is 3. The molecule has 114 valence electrons. The molecule has 9 nitrogen and oxygen atoms in total. The third-order valence-corrected chi connectivity index (χ3v) is 4.11. The number of aromatic nitrogens is 1. The normalized spacial score (nSPS) is 13.7. The Morgan fingerprint density at radius 1 is 1.36 bits per heavy atom. The predicted molar refractivity (Wildman–Crippen MR) is 71.7 cm³/mol. The number of hydrogen-bond donors (Lipinski definition) is 2. The number of anilines is 1. The second-order valence-corrected chi connectivity index (χ2v) is 5.98. The van der Waals surface area contributed by atoms with Crippen LogP contribution in [0.3, 0.4) is 0 Å². The van der Waals surface area contributed by atoms with Crippen molar-refractivity contribution in [3.63, 3.8) is 0 Å². The van der Waals surface area contributed by atoms with Crippen LogP contribution in [0, 0.1) is 0 Å². The molecule has 0 saturated heterocycles. The molecule has 1 aliphatic rings. The Labute approximate surface area is 124 Å². The van der Waals surface area contributed by atoms with Gasteiger partial charge in [-0.25, -0.2) is 18.1 Å². The molecule has 1 aliphatic heterocycles. The molecular weight excluding hydrogens is 314 g/mol. The van der Waals surface area contributed by atoms with Crippen LogP contribution < -0.4 is 14.8 Å². The van der Waals surface area contributed by atoms with Gasteiger partial charge in [0, 0.05) is 0 Å². The van der Waals surface area contributed by atoms with Crippen LogP contribution in [0.4, 0.5) is 5.69 Å². The van der Waals surface area contributed by atoms with Crippen molar-refractivity contribution in [2.24, 2.45) is 0 Å². The van der Waals surface area contributed by atoms with Crippen molar-refractivity contribution in [2.75, 3.05) is 11.9 Å². The van der Waals surface area contributed by atoms with Gasteiger partial charge in [0.25, 0.3) is 15.9 Å². The highest BCUT2D eigenvalue weighted by atomic mass is 32.2. The maximum Gasteiger partial charge on any atom is 0.302 e. The molecule has 3 rings (SSSR count). The number of sulfonamides is 1. The second kappa shape index (κ2) is 5.15. The average molecular weight is 323 g/mol. The molecule has 2 aromatic rings. The molecule has 0 fully saturated rings. The molecule has 0 saturated carbocycles. The lowest BCUT2D eigenvalue weighted by Crippen LogP contribution is -2.31. The summed E-state index contributed by atoms with van der Waals surface area (Å²) in [5, 5.41) is 2.48. The van der Waals surface area contributed by atoms with E-state index in [-0.39, 0.29) is 22.9 Å². The first-order valence-corrected chi connectivity index (χ1v) is 7.46. The van der Waals surface area contributed by atoms with Crippen molar-refractivity contribution in [3.05, 3.63) is 36.5 Å². The molecule has 0 atom stereocenters. The Balaban J connectivity index is 1.88. The van der Waals surface area contributed by atoms with Gasteiger partial charge in [0.15, 0.2) is 13.0 Å². The summed E-state index contributed by atoms with van der Waals surface area (Å²) in [5.74, 6) is -1.23. The molecule has 1 aromatic carbocycles. The topological polar surface area (TPSA) is 128 Å². The molecule has 0 spiro atoms. The van der Waals surface area contributed by atoms with Gasteiger partial charge in [0.1, 0.15) is 5.75 Å². The van der Waals surface area contributed by atoms with Crippen LogP contribution in [0.1, 0.15) is 10.6 Å². The number of carbonyl (C=O) groups is 2. The molecule has 0 unspecified atom stereocenters. The van der Waals surface area contributed by atoms with Crippen molar-refractivity contribution in [3.8, 4) is 5.75 Å². The molecule has 0 aliphatic carbocycles. The van der Waals surface area contributed by atoms with Gasteiger partial charge >= 0.3 is 5.91 Å². The standard InChI is InChI=1S/C12H9N3O6S/c16-11-5-20-9-2-1-7(3-8(9)14-11)22(18,19)15-12(17)10-4-13-6-21-10/h1-4,6H,5H2,(H,14,16)(H,15,17). The summed E-state index contributed by atoms with van der Waals surface area (Å²) in [6.07, 6.45) is 2.10. The maximum absolute atomic E-state index is 12.2. The van der Waals surface area contributed by atoms with Gasteiger partial charge in [-0.3, -0.25) is 9.59 Å². The van der Waals surface area contributed by atoms with Crippen molar-refractivity contribution in [2.45, 2.75) is 4.90 Å². The summed E-state index contributed by atoms with van der Waals surface area (Å²) >= 11 is 0. The van der Waals surface area contributed by atoms with Crippen LogP contribution in [0.5, 0.6) is 5.75 Å². The fraction of sp³-hybridized carbons (Fsp3) is 0.0833. The Morgan fingerprint density at radius 3 is 2.91 bits per heavy atom. The maximum atomic E-state index is 12.2. The summed E-state index contributed by atoms with van der Waals surface area (Å²) in [6, 6.07) is 3.84. The Bertz CT molecular complexity index is 844. The molecule has 0 radical (unpaired) electrons. The monoisotopic (exact) mass is 323 g/mol.